The molecule has 0 amide bonds. The number of rotatable bonds is 33. The van der Waals surface area contributed by atoms with Crippen molar-refractivity contribution < 1.29 is 0 Å². The van der Waals surface area contributed by atoms with Crippen molar-refractivity contribution in [2.75, 3.05) is 13.1 Å². The average molecular weight is 549 g/mol. The highest BCUT2D eigenvalue weighted by molar-refractivity contribution is 4.74. The van der Waals surface area contributed by atoms with Crippen LogP contribution in [0.1, 0.15) is 214 Å². The van der Waals surface area contributed by atoms with Gasteiger partial charge in [0.2, 0.25) is 0 Å². The molecule has 0 heterocycles. The predicted molar refractivity (Wildman–Crippen MR) is 181 cm³/mol. The first-order valence-corrected chi connectivity index (χ1v) is 18.8. The van der Waals surface area contributed by atoms with Crippen LogP contribution in [-0.2, 0) is 0 Å². The Morgan fingerprint density at radius 1 is 0.385 bits per heavy atom. The van der Waals surface area contributed by atoms with Crippen LogP contribution < -0.4 is 0 Å². The van der Waals surface area contributed by atoms with Gasteiger partial charge in [0.1, 0.15) is 0 Å². The molecule has 0 aliphatic carbocycles. The Morgan fingerprint density at radius 3 is 1.13 bits per heavy atom. The summed E-state index contributed by atoms with van der Waals surface area (Å²) in [5.74, 6) is 0.980. The summed E-state index contributed by atoms with van der Waals surface area (Å²) in [6.45, 7) is 16.3. The Morgan fingerprint density at radius 2 is 0.718 bits per heavy atom. The molecule has 0 N–H and O–H groups in total. The Kier molecular flexibility index (Phi) is 32.4. The van der Waals surface area contributed by atoms with Gasteiger partial charge in [-0.25, -0.2) is 0 Å². The lowest BCUT2D eigenvalue weighted by Crippen LogP contribution is -2.36. The van der Waals surface area contributed by atoms with E-state index < -0.39 is 0 Å². The minimum Gasteiger partial charge on any atom is -0.300 e. The van der Waals surface area contributed by atoms with Crippen LogP contribution in [0.5, 0.6) is 0 Å². The highest BCUT2D eigenvalue weighted by atomic mass is 15.1. The maximum atomic E-state index is 4.36. The molecule has 0 saturated carbocycles. The van der Waals surface area contributed by atoms with Crippen molar-refractivity contribution in [1.82, 2.24) is 4.90 Å². The van der Waals surface area contributed by atoms with Crippen LogP contribution in [0.3, 0.4) is 0 Å². The fourth-order valence-electron chi connectivity index (χ4n) is 6.45. The normalized spacial score (nSPS) is 13.4. The summed E-state index contributed by atoms with van der Waals surface area (Å²) in [4.78, 5) is 2.79. The smallest absolute Gasteiger partial charge is 0.00952 e. The van der Waals surface area contributed by atoms with E-state index in [-0.39, 0.29) is 0 Å². The number of hydrogen-bond donors (Lipinski definition) is 0. The molecule has 0 aromatic heterocycles. The third kappa shape index (κ3) is 26.6. The second-order valence-corrected chi connectivity index (χ2v) is 13.1. The fraction of sp³-hybridized carbons (Fsp3) is 0.974. The minimum atomic E-state index is 0.718. The van der Waals surface area contributed by atoms with Gasteiger partial charge in [0, 0.05) is 6.04 Å². The first-order chi connectivity index (χ1) is 19.2. The van der Waals surface area contributed by atoms with Crippen molar-refractivity contribution in [1.29, 1.82) is 0 Å². The first kappa shape index (κ1) is 39.0. The summed E-state index contributed by atoms with van der Waals surface area (Å²) in [5.41, 5.74) is 0. The molecule has 2 atom stereocenters. The van der Waals surface area contributed by atoms with Crippen LogP contribution in [0.15, 0.2) is 0 Å². The van der Waals surface area contributed by atoms with E-state index in [1.54, 1.807) is 0 Å². The SMILES string of the molecule is [CH2]CC(CCCC(CCCCC)CCCCCCCCCCCCCCCCCC)N(CCCC)CCCC. The van der Waals surface area contributed by atoms with Crippen molar-refractivity contribution in [3.63, 3.8) is 0 Å². The average Bonchev–Trinajstić information content (AvgIpc) is 2.95. The summed E-state index contributed by atoms with van der Waals surface area (Å²) in [6, 6.07) is 0.718. The minimum absolute atomic E-state index is 0.718. The van der Waals surface area contributed by atoms with Gasteiger partial charge in [-0.2, -0.15) is 0 Å². The molecule has 0 fully saturated rings. The third-order valence-electron chi connectivity index (χ3n) is 9.28. The van der Waals surface area contributed by atoms with Crippen LogP contribution in [0.4, 0.5) is 0 Å². The molecule has 235 valence electrons. The summed E-state index contributed by atoms with van der Waals surface area (Å²) in [5, 5.41) is 0. The van der Waals surface area contributed by atoms with E-state index in [2.05, 4.69) is 39.5 Å². The third-order valence-corrected chi connectivity index (χ3v) is 9.28. The second-order valence-electron chi connectivity index (χ2n) is 13.1. The molecule has 0 aliphatic heterocycles. The number of unbranched alkanes of at least 4 members (excludes halogenated alkanes) is 19. The van der Waals surface area contributed by atoms with Gasteiger partial charge in [-0.15, -0.1) is 0 Å². The van der Waals surface area contributed by atoms with Crippen LogP contribution in [0.25, 0.3) is 0 Å². The summed E-state index contributed by atoms with van der Waals surface area (Å²) in [7, 11) is 0. The van der Waals surface area contributed by atoms with Crippen molar-refractivity contribution >= 4 is 0 Å². The molecule has 39 heavy (non-hydrogen) atoms. The highest BCUT2D eigenvalue weighted by Crippen LogP contribution is 2.25. The molecule has 0 saturated heterocycles. The second kappa shape index (κ2) is 32.5. The molecule has 0 aromatic carbocycles. The van der Waals surface area contributed by atoms with Crippen molar-refractivity contribution in [2.45, 2.75) is 220 Å². The molecule has 2 unspecified atom stereocenters. The zero-order valence-corrected chi connectivity index (χ0v) is 28.2. The van der Waals surface area contributed by atoms with E-state index in [4.69, 9.17) is 0 Å². The zero-order valence-electron chi connectivity index (χ0n) is 28.2. The standard InChI is InChI=1S/C38H78N/c1-6-11-15-16-17-18-19-20-21-22-23-24-25-26-27-29-32-37(31-28-12-7-2)33-30-34-38(10-5)39(35-13-8-3)36-14-9-4/h37-38H,5-36H2,1-4H3. The zero-order chi connectivity index (χ0) is 28.7. The summed E-state index contributed by atoms with van der Waals surface area (Å²) in [6.07, 6.45) is 41.4. The number of hydrogen-bond acceptors (Lipinski definition) is 1. The molecule has 0 bridgehead atoms. The maximum absolute atomic E-state index is 4.36. The van der Waals surface area contributed by atoms with E-state index in [1.807, 2.05) is 0 Å². The maximum Gasteiger partial charge on any atom is 0.00952 e. The lowest BCUT2D eigenvalue weighted by molar-refractivity contribution is 0.175. The van der Waals surface area contributed by atoms with Crippen LogP contribution >= 0.6 is 0 Å². The Balaban J connectivity index is 3.99. The molecule has 0 aromatic rings. The predicted octanol–water partition coefficient (Wildman–Crippen LogP) is 13.5. The lowest BCUT2D eigenvalue weighted by Gasteiger charge is -2.31. The topological polar surface area (TPSA) is 3.24 Å². The van der Waals surface area contributed by atoms with Gasteiger partial charge in [0.15, 0.2) is 0 Å². The van der Waals surface area contributed by atoms with Gasteiger partial charge in [0.05, 0.1) is 0 Å². The van der Waals surface area contributed by atoms with E-state index in [9.17, 15) is 0 Å². The Hall–Kier alpha value is -0.0400. The van der Waals surface area contributed by atoms with Crippen LogP contribution in [-0.4, -0.2) is 24.0 Å². The van der Waals surface area contributed by atoms with Gasteiger partial charge in [-0.1, -0.05) is 195 Å². The van der Waals surface area contributed by atoms with Crippen molar-refractivity contribution in [2.24, 2.45) is 5.92 Å². The quantitative estimate of drug-likeness (QED) is 0.0737. The van der Waals surface area contributed by atoms with E-state index in [1.165, 1.54) is 193 Å². The van der Waals surface area contributed by atoms with Crippen molar-refractivity contribution in [3.8, 4) is 0 Å². The Bertz CT molecular complexity index is 424. The van der Waals surface area contributed by atoms with E-state index in [0.717, 1.165) is 18.4 Å². The first-order valence-electron chi connectivity index (χ1n) is 18.8. The summed E-state index contributed by atoms with van der Waals surface area (Å²) >= 11 is 0. The highest BCUT2D eigenvalue weighted by Gasteiger charge is 2.17. The molecule has 0 spiro atoms. The molecule has 1 heteroatoms. The van der Waals surface area contributed by atoms with Gasteiger partial charge in [0.25, 0.3) is 0 Å². The Labute approximate surface area is 250 Å². The molecule has 0 rings (SSSR count). The van der Waals surface area contributed by atoms with Gasteiger partial charge in [-0.05, 0) is 44.7 Å². The fourth-order valence-corrected chi connectivity index (χ4v) is 6.45. The molecule has 1 radical (unpaired) electrons. The van der Waals surface area contributed by atoms with E-state index in [0.29, 0.717) is 0 Å². The van der Waals surface area contributed by atoms with E-state index >= 15 is 0 Å². The van der Waals surface area contributed by atoms with Crippen molar-refractivity contribution in [3.05, 3.63) is 6.92 Å². The molecule has 1 nitrogen and oxygen atoms in total. The van der Waals surface area contributed by atoms with Crippen LogP contribution in [0, 0.1) is 12.8 Å². The molecular formula is C38H78N. The lowest BCUT2D eigenvalue weighted by atomic mass is 9.89. The van der Waals surface area contributed by atoms with Gasteiger partial charge >= 0.3 is 0 Å². The van der Waals surface area contributed by atoms with Crippen LogP contribution in [0.2, 0.25) is 0 Å². The summed E-state index contributed by atoms with van der Waals surface area (Å²) < 4.78 is 0. The molecular weight excluding hydrogens is 470 g/mol. The molecule has 0 aliphatic rings. The number of nitrogens with zero attached hydrogens (tertiary/aromatic N) is 1. The largest absolute Gasteiger partial charge is 0.300 e. The monoisotopic (exact) mass is 549 g/mol. The van der Waals surface area contributed by atoms with Gasteiger partial charge < -0.3 is 4.90 Å². The van der Waals surface area contributed by atoms with Gasteiger partial charge in [-0.3, -0.25) is 0 Å².